The van der Waals surface area contributed by atoms with E-state index in [0.29, 0.717) is 0 Å². The second kappa shape index (κ2) is 4.75. The first-order chi connectivity index (χ1) is 5.14. The summed E-state index contributed by atoms with van der Waals surface area (Å²) >= 11 is 6.30. The zero-order valence-electron chi connectivity index (χ0n) is 7.31. The normalized spacial score (nSPS) is 11.6. The van der Waals surface area contributed by atoms with Crippen LogP contribution >= 0.6 is 11.1 Å². The second-order valence-corrected chi connectivity index (χ2v) is 7.03. The standard InChI is InChI=1S/C8H16ClNSi/c1-5-10(6-2)11(9,7-3)8-4/h7-8H,3-6H2,1-2H3. The molecule has 0 radical (unpaired) electrons. The van der Waals surface area contributed by atoms with Gasteiger partial charge in [-0.2, -0.15) is 0 Å². The molecule has 0 rings (SSSR count). The van der Waals surface area contributed by atoms with Gasteiger partial charge in [-0.05, 0) is 13.1 Å². The average Bonchev–Trinajstić information content (AvgIpc) is 2.06. The van der Waals surface area contributed by atoms with E-state index in [1.54, 1.807) is 0 Å². The van der Waals surface area contributed by atoms with E-state index in [1.807, 2.05) is 11.4 Å². The Kier molecular flexibility index (Phi) is 4.73. The first-order valence-corrected chi connectivity index (χ1v) is 6.97. The van der Waals surface area contributed by atoms with Crippen LogP contribution in [-0.2, 0) is 0 Å². The number of rotatable bonds is 5. The van der Waals surface area contributed by atoms with Crippen LogP contribution in [0.3, 0.4) is 0 Å². The van der Waals surface area contributed by atoms with Crippen molar-refractivity contribution in [2.45, 2.75) is 13.8 Å². The van der Waals surface area contributed by atoms with Gasteiger partial charge in [0.2, 0.25) is 0 Å². The number of nitrogens with zero attached hydrogens (tertiary/aromatic N) is 1. The summed E-state index contributed by atoms with van der Waals surface area (Å²) in [5.74, 6) is 0. The van der Waals surface area contributed by atoms with Crippen LogP contribution in [0.4, 0.5) is 0 Å². The Morgan fingerprint density at radius 3 is 1.73 bits per heavy atom. The van der Waals surface area contributed by atoms with Gasteiger partial charge in [0.1, 0.15) is 0 Å². The number of hydrogen-bond acceptors (Lipinski definition) is 1. The third-order valence-electron chi connectivity index (χ3n) is 1.82. The van der Waals surface area contributed by atoms with Crippen molar-refractivity contribution in [3.8, 4) is 0 Å². The van der Waals surface area contributed by atoms with E-state index >= 15 is 0 Å². The maximum Gasteiger partial charge on any atom is 0.276 e. The molecule has 64 valence electrons. The summed E-state index contributed by atoms with van der Waals surface area (Å²) < 4.78 is 2.22. The lowest BCUT2D eigenvalue weighted by Crippen LogP contribution is -2.46. The molecule has 0 aromatic carbocycles. The van der Waals surface area contributed by atoms with E-state index in [-0.39, 0.29) is 0 Å². The summed E-state index contributed by atoms with van der Waals surface area (Å²) in [5, 5.41) is 0. The van der Waals surface area contributed by atoms with Gasteiger partial charge in [-0.3, -0.25) is 0 Å². The summed E-state index contributed by atoms with van der Waals surface area (Å²) in [6, 6.07) is 0. The molecule has 1 nitrogen and oxygen atoms in total. The van der Waals surface area contributed by atoms with Crippen molar-refractivity contribution in [3.63, 3.8) is 0 Å². The summed E-state index contributed by atoms with van der Waals surface area (Å²) in [6.45, 7) is 13.6. The molecule has 0 bridgehead atoms. The third-order valence-corrected chi connectivity index (χ3v) is 6.21. The molecule has 0 aliphatic rings. The molecular weight excluding hydrogens is 174 g/mol. The Hall–Kier alpha value is -0.0531. The first-order valence-electron chi connectivity index (χ1n) is 3.85. The largest absolute Gasteiger partial charge is 0.306 e. The molecule has 0 saturated carbocycles. The Labute approximate surface area is 75.1 Å². The quantitative estimate of drug-likeness (QED) is 0.475. The lowest BCUT2D eigenvalue weighted by Gasteiger charge is -2.29. The van der Waals surface area contributed by atoms with Gasteiger partial charge in [-0.25, -0.2) is 0 Å². The molecule has 0 N–H and O–H groups in total. The first kappa shape index (κ1) is 10.9. The van der Waals surface area contributed by atoms with E-state index < -0.39 is 7.55 Å². The van der Waals surface area contributed by atoms with Gasteiger partial charge < -0.3 is 4.57 Å². The van der Waals surface area contributed by atoms with Crippen molar-refractivity contribution in [1.82, 2.24) is 4.57 Å². The minimum absolute atomic E-state index is 0.963. The van der Waals surface area contributed by atoms with Crippen LogP contribution in [0.5, 0.6) is 0 Å². The lowest BCUT2D eigenvalue weighted by atomic mass is 10.7. The van der Waals surface area contributed by atoms with Gasteiger partial charge in [-0.1, -0.05) is 25.2 Å². The van der Waals surface area contributed by atoms with E-state index in [4.69, 9.17) is 11.1 Å². The van der Waals surface area contributed by atoms with Gasteiger partial charge >= 0.3 is 0 Å². The molecule has 0 aromatic rings. The molecule has 0 aromatic heterocycles. The minimum Gasteiger partial charge on any atom is -0.306 e. The molecule has 11 heavy (non-hydrogen) atoms. The molecule has 0 unspecified atom stereocenters. The smallest absolute Gasteiger partial charge is 0.276 e. The van der Waals surface area contributed by atoms with Crippen molar-refractivity contribution in [3.05, 3.63) is 24.6 Å². The highest BCUT2D eigenvalue weighted by Gasteiger charge is 2.29. The number of hydrogen-bond donors (Lipinski definition) is 0. The fourth-order valence-corrected chi connectivity index (χ4v) is 3.42. The average molecular weight is 190 g/mol. The molecular formula is C8H16ClNSi. The van der Waals surface area contributed by atoms with E-state index in [1.165, 1.54) is 0 Å². The van der Waals surface area contributed by atoms with E-state index in [2.05, 4.69) is 31.6 Å². The summed E-state index contributed by atoms with van der Waals surface area (Å²) in [5.41, 5.74) is 3.68. The SMILES string of the molecule is C=C[Si](Cl)(C=C)N(CC)CC. The van der Waals surface area contributed by atoms with Crippen molar-refractivity contribution in [2.75, 3.05) is 13.1 Å². The van der Waals surface area contributed by atoms with Gasteiger partial charge in [0.05, 0.1) is 0 Å². The molecule has 0 saturated heterocycles. The molecule has 0 atom stereocenters. The molecule has 0 amide bonds. The minimum atomic E-state index is -1.99. The van der Waals surface area contributed by atoms with Gasteiger partial charge in [0.15, 0.2) is 0 Å². The highest BCUT2D eigenvalue weighted by Crippen LogP contribution is 2.16. The van der Waals surface area contributed by atoms with Gasteiger partial charge in [0, 0.05) is 0 Å². The van der Waals surface area contributed by atoms with Gasteiger partial charge in [-0.15, -0.1) is 24.2 Å². The Bertz CT molecular complexity index is 135. The lowest BCUT2D eigenvalue weighted by molar-refractivity contribution is 0.485. The van der Waals surface area contributed by atoms with Gasteiger partial charge in [0.25, 0.3) is 7.55 Å². The summed E-state index contributed by atoms with van der Waals surface area (Å²) in [7, 11) is -1.99. The molecule has 0 aliphatic heterocycles. The van der Waals surface area contributed by atoms with Crippen LogP contribution in [0.15, 0.2) is 24.6 Å². The van der Waals surface area contributed by atoms with Crippen molar-refractivity contribution in [2.24, 2.45) is 0 Å². The zero-order valence-corrected chi connectivity index (χ0v) is 9.06. The topological polar surface area (TPSA) is 3.24 Å². The number of halogens is 1. The third kappa shape index (κ3) is 2.47. The summed E-state index contributed by atoms with van der Waals surface area (Å²) in [4.78, 5) is 0. The maximum absolute atomic E-state index is 6.30. The Morgan fingerprint density at radius 1 is 1.27 bits per heavy atom. The van der Waals surface area contributed by atoms with Crippen LogP contribution < -0.4 is 0 Å². The molecule has 0 fully saturated rings. The van der Waals surface area contributed by atoms with Crippen LogP contribution in [0.1, 0.15) is 13.8 Å². The Balaban J connectivity index is 4.43. The second-order valence-electron chi connectivity index (χ2n) is 2.31. The fraction of sp³-hybridized carbons (Fsp3) is 0.500. The maximum atomic E-state index is 6.30. The Morgan fingerprint density at radius 2 is 1.64 bits per heavy atom. The highest BCUT2D eigenvalue weighted by atomic mass is 35.6. The van der Waals surface area contributed by atoms with Crippen molar-refractivity contribution >= 4 is 18.6 Å². The van der Waals surface area contributed by atoms with Crippen molar-refractivity contribution in [1.29, 1.82) is 0 Å². The van der Waals surface area contributed by atoms with Crippen LogP contribution in [0.2, 0.25) is 0 Å². The monoisotopic (exact) mass is 189 g/mol. The van der Waals surface area contributed by atoms with E-state index in [9.17, 15) is 0 Å². The molecule has 0 spiro atoms. The predicted molar refractivity (Wildman–Crippen MR) is 54.9 cm³/mol. The summed E-state index contributed by atoms with van der Waals surface area (Å²) in [6.07, 6.45) is 0. The van der Waals surface area contributed by atoms with E-state index in [0.717, 1.165) is 13.1 Å². The molecule has 0 heterocycles. The van der Waals surface area contributed by atoms with Crippen LogP contribution in [-0.4, -0.2) is 25.2 Å². The van der Waals surface area contributed by atoms with Crippen LogP contribution in [0.25, 0.3) is 0 Å². The fourth-order valence-electron chi connectivity index (χ4n) is 1.05. The molecule has 0 aliphatic carbocycles. The van der Waals surface area contributed by atoms with Crippen LogP contribution in [0, 0.1) is 0 Å². The zero-order chi connectivity index (χ0) is 8.91. The predicted octanol–water partition coefficient (Wildman–Crippen LogP) is 2.46. The highest BCUT2D eigenvalue weighted by molar-refractivity contribution is 7.24. The molecule has 3 heteroatoms. The van der Waals surface area contributed by atoms with Crippen molar-refractivity contribution < 1.29 is 0 Å².